The quantitative estimate of drug-likeness (QED) is 0.179. The number of aliphatic carboxylic acids is 1. The summed E-state index contributed by atoms with van der Waals surface area (Å²) in [5.74, 6) is -1.05. The van der Waals surface area contributed by atoms with Gasteiger partial charge in [-0.1, -0.05) is 71.7 Å². The Kier molecular flexibility index (Phi) is 8.92. The maximum absolute atomic E-state index is 12.9. The van der Waals surface area contributed by atoms with Crippen LogP contribution in [0.5, 0.6) is 0 Å². The molecule has 0 unspecified atom stereocenters. The van der Waals surface area contributed by atoms with Crippen LogP contribution >= 0.6 is 23.2 Å². The summed E-state index contributed by atoms with van der Waals surface area (Å²) in [7, 11) is 0. The van der Waals surface area contributed by atoms with Crippen molar-refractivity contribution < 1.29 is 14.7 Å². The van der Waals surface area contributed by atoms with E-state index in [0.29, 0.717) is 39.6 Å². The van der Waals surface area contributed by atoms with Crippen molar-refractivity contribution in [2.75, 3.05) is 0 Å². The molecule has 0 bridgehead atoms. The molecule has 41 heavy (non-hydrogen) atoms. The van der Waals surface area contributed by atoms with Gasteiger partial charge in [-0.2, -0.15) is 0 Å². The number of carboxylic acid groups (broad SMARTS) is 1. The first-order valence-electron chi connectivity index (χ1n) is 13.2. The number of carbonyl (C=O) groups is 2. The van der Waals surface area contributed by atoms with E-state index in [1.807, 2.05) is 66.7 Å². The molecule has 5 aromatic rings. The number of amides is 1. The van der Waals surface area contributed by atoms with Gasteiger partial charge in [-0.25, -0.2) is 9.97 Å². The van der Waals surface area contributed by atoms with Crippen molar-refractivity contribution in [3.05, 3.63) is 129 Å². The molecule has 0 atom stereocenters. The Hall–Kier alpha value is -4.26. The molecule has 0 saturated carbocycles. The Balaban J connectivity index is 1.38. The molecule has 5 rings (SSSR count). The minimum absolute atomic E-state index is 0.000313. The van der Waals surface area contributed by atoms with E-state index in [1.54, 1.807) is 24.3 Å². The topological polar surface area (TPSA) is 92.2 Å². The number of hydrogen-bond donors (Lipinski definition) is 2. The molecule has 0 saturated heterocycles. The fourth-order valence-electron chi connectivity index (χ4n) is 4.66. The summed E-state index contributed by atoms with van der Waals surface area (Å²) < 4.78 is 0. The first kappa shape index (κ1) is 28.3. The summed E-state index contributed by atoms with van der Waals surface area (Å²) in [5, 5.41) is 13.3. The van der Waals surface area contributed by atoms with E-state index in [4.69, 9.17) is 38.3 Å². The summed E-state index contributed by atoms with van der Waals surface area (Å²) in [4.78, 5) is 33.9. The lowest BCUT2D eigenvalue weighted by Crippen LogP contribution is -2.22. The number of benzene rings is 4. The van der Waals surface area contributed by atoms with Crippen molar-refractivity contribution in [3.8, 4) is 11.3 Å². The van der Waals surface area contributed by atoms with Gasteiger partial charge in [-0.15, -0.1) is 0 Å². The standard InChI is InChI=1S/C33H27Cl2N3O3/c34-26-12-7-22(8-13-26)20-36-33(41)25-11-16-28-30(19-25)37-29(32(38-28)24-9-14-27(35)15-10-24)6-2-4-21-3-1-5-23(17-21)18-31(39)40/h1,3,5,7-17,19H,2,4,6,18,20H2,(H,36,41)(H,39,40). The number of nitrogens with zero attached hydrogens (tertiary/aromatic N) is 2. The molecule has 0 radical (unpaired) electrons. The van der Waals surface area contributed by atoms with Crippen LogP contribution in [0.1, 0.15) is 39.2 Å². The van der Waals surface area contributed by atoms with E-state index < -0.39 is 5.97 Å². The van der Waals surface area contributed by atoms with Crippen molar-refractivity contribution in [3.63, 3.8) is 0 Å². The zero-order valence-corrected chi connectivity index (χ0v) is 23.6. The Morgan fingerprint density at radius 1 is 0.732 bits per heavy atom. The number of carbonyl (C=O) groups excluding carboxylic acids is 1. The van der Waals surface area contributed by atoms with E-state index >= 15 is 0 Å². The number of fused-ring (bicyclic) bond motifs is 1. The second kappa shape index (κ2) is 12.9. The highest BCUT2D eigenvalue weighted by molar-refractivity contribution is 6.30. The number of carboxylic acids is 1. The van der Waals surface area contributed by atoms with Gasteiger partial charge >= 0.3 is 5.97 Å². The van der Waals surface area contributed by atoms with Gasteiger partial charge in [0.25, 0.3) is 5.91 Å². The highest BCUT2D eigenvalue weighted by atomic mass is 35.5. The maximum atomic E-state index is 12.9. The zero-order valence-electron chi connectivity index (χ0n) is 22.1. The number of rotatable bonds is 10. The van der Waals surface area contributed by atoms with Crippen LogP contribution in [0, 0.1) is 0 Å². The highest BCUT2D eigenvalue weighted by Crippen LogP contribution is 2.27. The Labute approximate surface area is 248 Å². The smallest absolute Gasteiger partial charge is 0.307 e. The number of halogens is 2. The van der Waals surface area contributed by atoms with Crippen LogP contribution in [0.15, 0.2) is 91.0 Å². The van der Waals surface area contributed by atoms with Crippen LogP contribution in [0.25, 0.3) is 22.3 Å². The van der Waals surface area contributed by atoms with Crippen LogP contribution in [0.2, 0.25) is 10.0 Å². The van der Waals surface area contributed by atoms with Gasteiger partial charge in [0.2, 0.25) is 0 Å². The summed E-state index contributed by atoms with van der Waals surface area (Å²) in [6.07, 6.45) is 2.20. The molecule has 1 amide bonds. The summed E-state index contributed by atoms with van der Waals surface area (Å²) in [6, 6.07) is 27.8. The normalized spacial score (nSPS) is 11.0. The minimum atomic E-state index is -0.848. The zero-order chi connectivity index (χ0) is 28.8. The molecule has 0 fully saturated rings. The predicted molar refractivity (Wildman–Crippen MR) is 162 cm³/mol. The SMILES string of the molecule is O=C(O)Cc1cccc(CCCc2nc3cc(C(=O)NCc4ccc(Cl)cc4)ccc3nc2-c2ccc(Cl)cc2)c1. The number of nitrogens with one attached hydrogen (secondary N) is 1. The minimum Gasteiger partial charge on any atom is -0.481 e. The number of aromatic nitrogens is 2. The van der Waals surface area contributed by atoms with Crippen LogP contribution in [-0.4, -0.2) is 27.0 Å². The van der Waals surface area contributed by atoms with Crippen LogP contribution in [-0.2, 0) is 30.6 Å². The van der Waals surface area contributed by atoms with Gasteiger partial charge in [-0.05, 0) is 78.4 Å². The second-order valence-corrected chi connectivity index (χ2v) is 10.7. The third-order valence-electron chi connectivity index (χ3n) is 6.71. The molecule has 4 aromatic carbocycles. The van der Waals surface area contributed by atoms with Gasteiger partial charge in [-0.3, -0.25) is 9.59 Å². The Bertz CT molecular complexity index is 1700. The van der Waals surface area contributed by atoms with Gasteiger partial charge in [0.1, 0.15) is 0 Å². The summed E-state index contributed by atoms with van der Waals surface area (Å²) >= 11 is 12.1. The number of hydrogen-bond acceptors (Lipinski definition) is 4. The first-order chi connectivity index (χ1) is 19.8. The van der Waals surface area contributed by atoms with Crippen molar-refractivity contribution in [1.29, 1.82) is 0 Å². The molecule has 206 valence electrons. The third-order valence-corrected chi connectivity index (χ3v) is 7.21. The largest absolute Gasteiger partial charge is 0.481 e. The van der Waals surface area contributed by atoms with Gasteiger partial charge in [0, 0.05) is 27.7 Å². The molecular formula is C33H27Cl2N3O3. The number of aryl methyl sites for hydroxylation is 2. The van der Waals surface area contributed by atoms with Crippen molar-refractivity contribution in [2.24, 2.45) is 0 Å². The van der Waals surface area contributed by atoms with Crippen molar-refractivity contribution in [1.82, 2.24) is 15.3 Å². The molecular weight excluding hydrogens is 557 g/mol. The lowest BCUT2D eigenvalue weighted by Gasteiger charge is -2.12. The van der Waals surface area contributed by atoms with E-state index in [-0.39, 0.29) is 12.3 Å². The summed E-state index contributed by atoms with van der Waals surface area (Å²) in [6.45, 7) is 0.383. The molecule has 1 heterocycles. The van der Waals surface area contributed by atoms with Gasteiger partial charge in [0.05, 0.1) is 28.8 Å². The average molecular weight is 585 g/mol. The average Bonchev–Trinajstić information content (AvgIpc) is 2.96. The lowest BCUT2D eigenvalue weighted by molar-refractivity contribution is -0.136. The summed E-state index contributed by atoms with van der Waals surface area (Å²) in [5.41, 5.74) is 7.14. The van der Waals surface area contributed by atoms with Crippen molar-refractivity contribution >= 4 is 46.1 Å². The molecule has 0 aliphatic carbocycles. The molecule has 0 aliphatic rings. The Morgan fingerprint density at radius 2 is 1.44 bits per heavy atom. The molecule has 0 aliphatic heterocycles. The lowest BCUT2D eigenvalue weighted by atomic mass is 10.0. The van der Waals surface area contributed by atoms with Gasteiger partial charge in [0.15, 0.2) is 0 Å². The monoisotopic (exact) mass is 583 g/mol. The van der Waals surface area contributed by atoms with Crippen LogP contribution in [0.4, 0.5) is 0 Å². The molecule has 6 nitrogen and oxygen atoms in total. The van der Waals surface area contributed by atoms with E-state index in [9.17, 15) is 9.59 Å². The highest BCUT2D eigenvalue weighted by Gasteiger charge is 2.14. The van der Waals surface area contributed by atoms with Crippen LogP contribution < -0.4 is 5.32 Å². The van der Waals surface area contributed by atoms with Gasteiger partial charge < -0.3 is 10.4 Å². The maximum Gasteiger partial charge on any atom is 0.307 e. The second-order valence-electron chi connectivity index (χ2n) is 9.78. The fourth-order valence-corrected chi connectivity index (χ4v) is 4.91. The third kappa shape index (κ3) is 7.48. The van der Waals surface area contributed by atoms with E-state index in [1.165, 1.54) is 0 Å². The van der Waals surface area contributed by atoms with Crippen molar-refractivity contribution in [2.45, 2.75) is 32.2 Å². The van der Waals surface area contributed by atoms with E-state index in [2.05, 4.69) is 5.32 Å². The predicted octanol–water partition coefficient (Wildman–Crippen LogP) is 7.34. The molecule has 2 N–H and O–H groups in total. The molecule has 1 aromatic heterocycles. The van der Waals surface area contributed by atoms with E-state index in [0.717, 1.165) is 46.5 Å². The molecule has 0 spiro atoms. The first-order valence-corrected chi connectivity index (χ1v) is 14.0. The molecule has 8 heteroatoms. The van der Waals surface area contributed by atoms with Crippen LogP contribution in [0.3, 0.4) is 0 Å². The fraction of sp³-hybridized carbons (Fsp3) is 0.152. The Morgan fingerprint density at radius 3 is 2.17 bits per heavy atom.